The van der Waals surface area contributed by atoms with Crippen LogP contribution in [0, 0.1) is 0 Å². The van der Waals surface area contributed by atoms with Gasteiger partial charge in [-0.25, -0.2) is 9.97 Å². The van der Waals surface area contributed by atoms with Crippen LogP contribution < -0.4 is 4.90 Å². The van der Waals surface area contributed by atoms with E-state index in [1.807, 2.05) is 13.2 Å². The molecule has 0 saturated carbocycles. The van der Waals surface area contributed by atoms with E-state index in [-0.39, 0.29) is 11.7 Å². The molecule has 0 N–H and O–H groups in total. The molecule has 0 aromatic carbocycles. The monoisotopic (exact) mass is 261 g/mol. The zero-order chi connectivity index (χ0) is 13.6. The summed E-state index contributed by atoms with van der Waals surface area (Å²) in [5.74, 6) is 0.946. The minimum Gasteiger partial charge on any atom is -0.369 e. The first-order valence-electron chi connectivity index (χ1n) is 6.52. The second-order valence-corrected chi connectivity index (χ2v) is 5.77. The van der Waals surface area contributed by atoms with E-state index in [1.54, 1.807) is 11.0 Å². The summed E-state index contributed by atoms with van der Waals surface area (Å²) in [5, 5.41) is 5.26. The maximum absolute atomic E-state index is 5.94. The van der Waals surface area contributed by atoms with Gasteiger partial charge in [0.2, 0.25) is 0 Å². The zero-order valence-corrected chi connectivity index (χ0v) is 11.8. The summed E-state index contributed by atoms with van der Waals surface area (Å²) < 4.78 is 7.71. The van der Waals surface area contributed by atoms with Crippen LogP contribution in [0.15, 0.2) is 12.5 Å². The van der Waals surface area contributed by atoms with Crippen LogP contribution in [0.2, 0.25) is 0 Å². The molecular weight excluding hydrogens is 242 g/mol. The molecule has 1 aliphatic heterocycles. The van der Waals surface area contributed by atoms with Gasteiger partial charge in [-0.3, -0.25) is 4.68 Å². The van der Waals surface area contributed by atoms with E-state index in [9.17, 15) is 0 Å². The van der Waals surface area contributed by atoms with Crippen LogP contribution in [0.3, 0.4) is 0 Å². The Kier molecular flexibility index (Phi) is 2.70. The van der Waals surface area contributed by atoms with Gasteiger partial charge in [0.25, 0.3) is 0 Å². The van der Waals surface area contributed by atoms with Crippen LogP contribution in [0.25, 0.3) is 11.0 Å². The van der Waals surface area contributed by atoms with Crippen molar-refractivity contribution in [2.75, 3.05) is 18.0 Å². The summed E-state index contributed by atoms with van der Waals surface area (Å²) in [7, 11) is 1.89. The fraction of sp³-hybridized carbons (Fsp3) is 0.615. The molecule has 0 unspecified atom stereocenters. The van der Waals surface area contributed by atoms with Gasteiger partial charge in [0.1, 0.15) is 12.1 Å². The average Bonchev–Trinajstić information content (AvgIpc) is 2.69. The standard InChI is InChI=1S/C13H19N5O/c1-9-6-18(7-13(2,3)19-9)12-10-5-16-17(4)11(10)14-8-15-12/h5,8-9H,6-7H2,1-4H3/t9-/m1/s1. The molecule has 3 rings (SSSR count). The third kappa shape index (κ3) is 2.16. The number of aryl methyl sites for hydroxylation is 1. The summed E-state index contributed by atoms with van der Waals surface area (Å²) >= 11 is 0. The van der Waals surface area contributed by atoms with Gasteiger partial charge in [0.15, 0.2) is 5.65 Å². The number of fused-ring (bicyclic) bond motifs is 1. The summed E-state index contributed by atoms with van der Waals surface area (Å²) in [6.45, 7) is 7.97. The molecule has 0 spiro atoms. The highest BCUT2D eigenvalue weighted by Gasteiger charge is 2.32. The van der Waals surface area contributed by atoms with Crippen molar-refractivity contribution < 1.29 is 4.74 Å². The van der Waals surface area contributed by atoms with Crippen molar-refractivity contribution in [2.45, 2.75) is 32.5 Å². The number of nitrogens with zero attached hydrogens (tertiary/aromatic N) is 5. The van der Waals surface area contributed by atoms with Crippen molar-refractivity contribution >= 4 is 16.9 Å². The molecule has 6 heteroatoms. The fourth-order valence-corrected chi connectivity index (χ4v) is 2.82. The first kappa shape index (κ1) is 12.3. The SMILES string of the molecule is C[C@@H]1CN(c2ncnc3c2cnn3C)CC(C)(C)O1. The van der Waals surface area contributed by atoms with E-state index in [0.717, 1.165) is 29.9 Å². The Morgan fingerprint density at radius 2 is 2.16 bits per heavy atom. The highest BCUT2D eigenvalue weighted by molar-refractivity contribution is 5.86. The van der Waals surface area contributed by atoms with Crippen molar-refractivity contribution in [3.63, 3.8) is 0 Å². The van der Waals surface area contributed by atoms with Crippen molar-refractivity contribution in [1.29, 1.82) is 0 Å². The molecule has 1 atom stereocenters. The molecule has 19 heavy (non-hydrogen) atoms. The Balaban J connectivity index is 2.04. The largest absolute Gasteiger partial charge is 0.369 e. The number of ether oxygens (including phenoxy) is 1. The minimum atomic E-state index is -0.169. The molecule has 1 aliphatic rings. The molecular formula is C13H19N5O. The van der Waals surface area contributed by atoms with Crippen LogP contribution in [0.5, 0.6) is 0 Å². The smallest absolute Gasteiger partial charge is 0.163 e. The van der Waals surface area contributed by atoms with E-state index < -0.39 is 0 Å². The maximum Gasteiger partial charge on any atom is 0.163 e. The average molecular weight is 261 g/mol. The van der Waals surface area contributed by atoms with E-state index in [0.29, 0.717) is 0 Å². The Bertz CT molecular complexity index is 606. The topological polar surface area (TPSA) is 56.1 Å². The van der Waals surface area contributed by atoms with Gasteiger partial charge in [-0.2, -0.15) is 5.10 Å². The van der Waals surface area contributed by atoms with Crippen molar-refractivity contribution in [3.05, 3.63) is 12.5 Å². The van der Waals surface area contributed by atoms with Crippen LogP contribution in [0.1, 0.15) is 20.8 Å². The van der Waals surface area contributed by atoms with Gasteiger partial charge in [-0.15, -0.1) is 0 Å². The highest BCUT2D eigenvalue weighted by atomic mass is 16.5. The van der Waals surface area contributed by atoms with E-state index in [2.05, 4.69) is 40.7 Å². The lowest BCUT2D eigenvalue weighted by atomic mass is 10.1. The van der Waals surface area contributed by atoms with Gasteiger partial charge in [0, 0.05) is 20.1 Å². The molecule has 2 aromatic rings. The number of morpholine rings is 1. The molecule has 2 aromatic heterocycles. The van der Waals surface area contributed by atoms with E-state index >= 15 is 0 Å². The van der Waals surface area contributed by atoms with E-state index in [1.165, 1.54) is 0 Å². The lowest BCUT2D eigenvalue weighted by Crippen LogP contribution is -2.52. The minimum absolute atomic E-state index is 0.169. The predicted molar refractivity (Wildman–Crippen MR) is 73.1 cm³/mol. The molecule has 1 fully saturated rings. The van der Waals surface area contributed by atoms with Gasteiger partial charge in [-0.1, -0.05) is 0 Å². The Hall–Kier alpha value is -1.69. The number of aromatic nitrogens is 4. The maximum atomic E-state index is 5.94. The summed E-state index contributed by atoms with van der Waals surface area (Å²) in [4.78, 5) is 11.0. The number of hydrogen-bond acceptors (Lipinski definition) is 5. The first-order valence-corrected chi connectivity index (χ1v) is 6.52. The molecule has 0 radical (unpaired) electrons. The zero-order valence-electron chi connectivity index (χ0n) is 11.8. The van der Waals surface area contributed by atoms with Gasteiger partial charge >= 0.3 is 0 Å². The Morgan fingerprint density at radius 1 is 1.37 bits per heavy atom. The van der Waals surface area contributed by atoms with Gasteiger partial charge < -0.3 is 9.64 Å². The summed E-state index contributed by atoms with van der Waals surface area (Å²) in [6, 6.07) is 0. The number of rotatable bonds is 1. The fourth-order valence-electron chi connectivity index (χ4n) is 2.82. The number of hydrogen-bond donors (Lipinski definition) is 0. The van der Waals surface area contributed by atoms with Crippen LogP contribution >= 0.6 is 0 Å². The van der Waals surface area contributed by atoms with Crippen molar-refractivity contribution in [1.82, 2.24) is 19.7 Å². The molecule has 1 saturated heterocycles. The van der Waals surface area contributed by atoms with E-state index in [4.69, 9.17) is 4.74 Å². The quantitative estimate of drug-likeness (QED) is 0.776. The van der Waals surface area contributed by atoms with Gasteiger partial charge in [-0.05, 0) is 20.8 Å². The lowest BCUT2D eigenvalue weighted by Gasteiger charge is -2.42. The summed E-state index contributed by atoms with van der Waals surface area (Å²) in [6.07, 6.45) is 3.62. The van der Waals surface area contributed by atoms with Crippen molar-refractivity contribution in [2.24, 2.45) is 7.05 Å². The first-order chi connectivity index (χ1) is 8.96. The molecule has 102 valence electrons. The molecule has 0 aliphatic carbocycles. The molecule has 0 bridgehead atoms. The lowest BCUT2D eigenvalue weighted by molar-refractivity contribution is -0.0751. The summed E-state index contributed by atoms with van der Waals surface area (Å²) in [5.41, 5.74) is 0.693. The van der Waals surface area contributed by atoms with Crippen LogP contribution in [0.4, 0.5) is 5.82 Å². The second kappa shape index (κ2) is 4.16. The van der Waals surface area contributed by atoms with Crippen molar-refractivity contribution in [3.8, 4) is 0 Å². The molecule has 0 amide bonds. The predicted octanol–water partition coefficient (Wildman–Crippen LogP) is 1.37. The Labute approximate surface area is 112 Å². The second-order valence-electron chi connectivity index (χ2n) is 5.77. The normalized spacial score (nSPS) is 22.9. The van der Waals surface area contributed by atoms with Crippen LogP contribution in [-0.4, -0.2) is 44.5 Å². The highest BCUT2D eigenvalue weighted by Crippen LogP contribution is 2.28. The third-order valence-electron chi connectivity index (χ3n) is 3.38. The molecule has 3 heterocycles. The number of anilines is 1. The third-order valence-corrected chi connectivity index (χ3v) is 3.38. The van der Waals surface area contributed by atoms with Gasteiger partial charge in [0.05, 0.1) is 23.3 Å². The Morgan fingerprint density at radius 3 is 2.89 bits per heavy atom. The van der Waals surface area contributed by atoms with Crippen LogP contribution in [-0.2, 0) is 11.8 Å². The molecule has 6 nitrogen and oxygen atoms in total.